The molecule has 0 spiro atoms. The molecular formula is C13H13N3O3. The van der Waals surface area contributed by atoms with E-state index in [1.165, 1.54) is 0 Å². The summed E-state index contributed by atoms with van der Waals surface area (Å²) < 4.78 is 5.16. The third kappa shape index (κ3) is 2.29. The molecule has 0 unspecified atom stereocenters. The van der Waals surface area contributed by atoms with Gasteiger partial charge in [-0.2, -0.15) is 0 Å². The van der Waals surface area contributed by atoms with Crippen LogP contribution < -0.4 is 5.32 Å². The first kappa shape index (κ1) is 11.7. The maximum Gasteiger partial charge on any atom is 0.239 e. The van der Waals surface area contributed by atoms with Crippen molar-refractivity contribution in [1.82, 2.24) is 15.4 Å². The van der Waals surface area contributed by atoms with Gasteiger partial charge in [-0.25, -0.2) is 0 Å². The van der Waals surface area contributed by atoms with Gasteiger partial charge in [-0.3, -0.25) is 9.59 Å². The Balaban J connectivity index is 1.77. The number of fused-ring (bicyclic) bond motifs is 1. The fourth-order valence-electron chi connectivity index (χ4n) is 2.17. The largest absolute Gasteiger partial charge is 0.356 e. The zero-order chi connectivity index (χ0) is 13.2. The van der Waals surface area contributed by atoms with E-state index in [1.807, 2.05) is 24.3 Å². The second-order valence-corrected chi connectivity index (χ2v) is 4.47. The molecule has 0 radical (unpaired) electrons. The molecule has 0 saturated carbocycles. The van der Waals surface area contributed by atoms with Crippen molar-refractivity contribution in [3.8, 4) is 0 Å². The van der Waals surface area contributed by atoms with Crippen molar-refractivity contribution in [3.63, 3.8) is 0 Å². The first-order chi connectivity index (χ1) is 9.24. The zero-order valence-corrected chi connectivity index (χ0v) is 10.3. The molecule has 6 heteroatoms. The molecule has 1 aromatic carbocycles. The number of nitrogens with one attached hydrogen (secondary N) is 1. The number of aromatic nitrogens is 1. The normalized spacial score (nSPS) is 15.6. The first-order valence-electron chi connectivity index (χ1n) is 6.12. The van der Waals surface area contributed by atoms with Gasteiger partial charge in [-0.15, -0.1) is 0 Å². The summed E-state index contributed by atoms with van der Waals surface area (Å²) in [6.45, 7) is 1.17. The van der Waals surface area contributed by atoms with Crippen LogP contribution in [0, 0.1) is 0 Å². The number of carbonyl (C=O) groups excluding carboxylic acids is 2. The minimum absolute atomic E-state index is 0.103. The van der Waals surface area contributed by atoms with Crippen LogP contribution in [0.1, 0.15) is 5.69 Å². The van der Waals surface area contributed by atoms with Crippen LogP contribution in [0.25, 0.3) is 11.0 Å². The van der Waals surface area contributed by atoms with E-state index in [1.54, 1.807) is 4.90 Å². The van der Waals surface area contributed by atoms with Crippen LogP contribution in [0.5, 0.6) is 0 Å². The Kier molecular flexibility index (Phi) is 2.91. The number of carbonyl (C=O) groups is 2. The topological polar surface area (TPSA) is 75.4 Å². The summed E-state index contributed by atoms with van der Waals surface area (Å²) in [5, 5.41) is 7.46. The molecular weight excluding hydrogens is 246 g/mol. The minimum Gasteiger partial charge on any atom is -0.356 e. The van der Waals surface area contributed by atoms with Crippen LogP contribution in [0.3, 0.4) is 0 Å². The minimum atomic E-state index is -0.121. The predicted octanol–water partition coefficient (Wildman–Crippen LogP) is 0.329. The summed E-state index contributed by atoms with van der Waals surface area (Å²) in [6.07, 6.45) is 0.157. The fourth-order valence-corrected chi connectivity index (χ4v) is 2.17. The summed E-state index contributed by atoms with van der Waals surface area (Å²) in [6, 6.07) is 7.41. The Labute approximate surface area is 109 Å². The lowest BCUT2D eigenvalue weighted by atomic mass is 10.1. The third-order valence-electron chi connectivity index (χ3n) is 3.16. The molecule has 2 heterocycles. The Bertz CT molecular complexity index is 635. The van der Waals surface area contributed by atoms with Crippen molar-refractivity contribution in [3.05, 3.63) is 30.0 Å². The van der Waals surface area contributed by atoms with E-state index in [-0.39, 0.29) is 24.8 Å². The van der Waals surface area contributed by atoms with Gasteiger partial charge in [-0.1, -0.05) is 17.3 Å². The highest BCUT2D eigenvalue weighted by molar-refractivity contribution is 5.89. The number of hydrogen-bond donors (Lipinski definition) is 1. The van der Waals surface area contributed by atoms with Gasteiger partial charge in [0, 0.05) is 18.5 Å². The molecule has 1 fully saturated rings. The molecule has 1 aliphatic rings. The molecule has 0 atom stereocenters. The van der Waals surface area contributed by atoms with Crippen LogP contribution in [0.2, 0.25) is 0 Å². The Morgan fingerprint density at radius 1 is 1.42 bits per heavy atom. The molecule has 1 aromatic heterocycles. The maximum absolute atomic E-state index is 12.1. The lowest BCUT2D eigenvalue weighted by Gasteiger charge is -2.26. The summed E-state index contributed by atoms with van der Waals surface area (Å²) in [4.78, 5) is 24.9. The van der Waals surface area contributed by atoms with Crippen LogP contribution in [0.4, 0.5) is 0 Å². The Hall–Kier alpha value is -2.37. The van der Waals surface area contributed by atoms with E-state index in [0.717, 1.165) is 5.39 Å². The predicted molar refractivity (Wildman–Crippen MR) is 67.3 cm³/mol. The van der Waals surface area contributed by atoms with Crippen molar-refractivity contribution in [2.75, 3.05) is 19.6 Å². The highest BCUT2D eigenvalue weighted by Gasteiger charge is 2.22. The molecule has 3 rings (SSSR count). The molecule has 1 aliphatic heterocycles. The van der Waals surface area contributed by atoms with Gasteiger partial charge in [0.05, 0.1) is 13.0 Å². The van der Waals surface area contributed by atoms with Crippen LogP contribution >= 0.6 is 0 Å². The molecule has 1 N–H and O–H groups in total. The second kappa shape index (κ2) is 4.72. The molecule has 98 valence electrons. The molecule has 0 aliphatic carbocycles. The zero-order valence-electron chi connectivity index (χ0n) is 10.3. The highest BCUT2D eigenvalue weighted by atomic mass is 16.5. The van der Waals surface area contributed by atoms with E-state index in [2.05, 4.69) is 10.5 Å². The number of benzene rings is 1. The number of para-hydroxylation sites is 1. The second-order valence-electron chi connectivity index (χ2n) is 4.47. The maximum atomic E-state index is 12.1. The molecule has 2 amide bonds. The lowest BCUT2D eigenvalue weighted by Crippen LogP contribution is -2.50. The quantitative estimate of drug-likeness (QED) is 0.843. The molecule has 0 bridgehead atoms. The van der Waals surface area contributed by atoms with Gasteiger partial charge in [0.1, 0.15) is 5.69 Å². The summed E-state index contributed by atoms with van der Waals surface area (Å²) in [5.74, 6) is -0.224. The number of amides is 2. The number of nitrogens with zero attached hydrogens (tertiary/aromatic N) is 2. The van der Waals surface area contributed by atoms with Crippen molar-refractivity contribution in [2.24, 2.45) is 0 Å². The smallest absolute Gasteiger partial charge is 0.239 e. The van der Waals surface area contributed by atoms with Gasteiger partial charge >= 0.3 is 0 Å². The van der Waals surface area contributed by atoms with Crippen molar-refractivity contribution < 1.29 is 14.1 Å². The molecule has 1 saturated heterocycles. The monoisotopic (exact) mass is 259 g/mol. The summed E-state index contributed by atoms with van der Waals surface area (Å²) >= 11 is 0. The molecule has 2 aromatic rings. The van der Waals surface area contributed by atoms with E-state index in [4.69, 9.17) is 4.52 Å². The SMILES string of the molecule is O=C1CN(C(=O)Cc2noc3ccccc23)CCN1. The van der Waals surface area contributed by atoms with Gasteiger partial charge < -0.3 is 14.7 Å². The summed E-state index contributed by atoms with van der Waals surface area (Å²) in [5.41, 5.74) is 1.29. The highest BCUT2D eigenvalue weighted by Crippen LogP contribution is 2.18. The van der Waals surface area contributed by atoms with E-state index in [9.17, 15) is 9.59 Å². The molecule has 19 heavy (non-hydrogen) atoms. The first-order valence-corrected chi connectivity index (χ1v) is 6.12. The number of hydrogen-bond acceptors (Lipinski definition) is 4. The van der Waals surface area contributed by atoms with Crippen molar-refractivity contribution in [2.45, 2.75) is 6.42 Å². The van der Waals surface area contributed by atoms with Crippen LogP contribution in [0.15, 0.2) is 28.8 Å². The summed E-state index contributed by atoms with van der Waals surface area (Å²) in [7, 11) is 0. The van der Waals surface area contributed by atoms with Crippen molar-refractivity contribution in [1.29, 1.82) is 0 Å². The van der Waals surface area contributed by atoms with E-state index in [0.29, 0.717) is 24.4 Å². The third-order valence-corrected chi connectivity index (χ3v) is 3.16. The van der Waals surface area contributed by atoms with Crippen LogP contribution in [-0.2, 0) is 16.0 Å². The Morgan fingerprint density at radius 3 is 3.11 bits per heavy atom. The van der Waals surface area contributed by atoms with E-state index < -0.39 is 0 Å². The van der Waals surface area contributed by atoms with Gasteiger partial charge in [0.15, 0.2) is 5.58 Å². The van der Waals surface area contributed by atoms with Gasteiger partial charge in [-0.05, 0) is 12.1 Å². The fraction of sp³-hybridized carbons (Fsp3) is 0.308. The van der Waals surface area contributed by atoms with Crippen molar-refractivity contribution >= 4 is 22.8 Å². The average Bonchev–Trinajstić information content (AvgIpc) is 2.82. The Morgan fingerprint density at radius 2 is 2.26 bits per heavy atom. The standard InChI is InChI=1S/C13H13N3O3/c17-12-8-16(6-5-14-12)13(18)7-10-9-3-1-2-4-11(9)19-15-10/h1-4H,5-8H2,(H,14,17). The molecule has 6 nitrogen and oxygen atoms in total. The lowest BCUT2D eigenvalue weighted by molar-refractivity contribution is -0.137. The number of rotatable bonds is 2. The van der Waals surface area contributed by atoms with Gasteiger partial charge in [0.2, 0.25) is 11.8 Å². The van der Waals surface area contributed by atoms with E-state index >= 15 is 0 Å². The number of piperazine rings is 1. The average molecular weight is 259 g/mol. The van der Waals surface area contributed by atoms with Crippen LogP contribution in [-0.4, -0.2) is 41.5 Å². The van der Waals surface area contributed by atoms with Gasteiger partial charge in [0.25, 0.3) is 0 Å².